The average Bonchev–Trinajstić information content (AvgIpc) is 3.17. The molecule has 4 rings (SSSR count). The number of oxazole rings is 1. The quantitative estimate of drug-likeness (QED) is 0.446. The number of anilines is 1. The fourth-order valence-electron chi connectivity index (χ4n) is 4.22. The Morgan fingerprint density at radius 1 is 1.25 bits per heavy atom. The van der Waals surface area contributed by atoms with Crippen molar-refractivity contribution >= 4 is 28.4 Å². The molecule has 150 valence electrons. The van der Waals surface area contributed by atoms with Crippen LogP contribution in [0, 0.1) is 10.1 Å². The van der Waals surface area contributed by atoms with Crippen LogP contribution in [0.4, 0.5) is 11.4 Å². The molecule has 1 aliphatic heterocycles. The van der Waals surface area contributed by atoms with Gasteiger partial charge in [0.15, 0.2) is 5.58 Å². The fraction of sp³-hybridized carbons (Fsp3) is 0.579. The Bertz CT molecular complexity index is 896. The van der Waals surface area contributed by atoms with E-state index in [1.807, 2.05) is 4.90 Å². The summed E-state index contributed by atoms with van der Waals surface area (Å²) in [4.78, 5) is 30.3. The molecule has 1 aromatic carbocycles. The van der Waals surface area contributed by atoms with Gasteiger partial charge in [0.25, 0.3) is 5.69 Å². The predicted octanol–water partition coefficient (Wildman–Crippen LogP) is 2.95. The fourth-order valence-corrected chi connectivity index (χ4v) is 4.22. The Morgan fingerprint density at radius 3 is 2.61 bits per heavy atom. The zero-order chi connectivity index (χ0) is 19.7. The van der Waals surface area contributed by atoms with Crippen LogP contribution in [-0.2, 0) is 19.7 Å². The first-order valence-corrected chi connectivity index (χ1v) is 9.56. The number of morpholine rings is 1. The molecule has 0 spiro atoms. The maximum absolute atomic E-state index is 12.6. The highest BCUT2D eigenvalue weighted by Crippen LogP contribution is 2.42. The van der Waals surface area contributed by atoms with E-state index in [0.717, 1.165) is 19.3 Å². The number of hydrogen-bond acceptors (Lipinski definition) is 8. The first kappa shape index (κ1) is 18.7. The van der Waals surface area contributed by atoms with Crippen molar-refractivity contribution < 1.29 is 23.6 Å². The highest BCUT2D eigenvalue weighted by molar-refractivity contribution is 5.87. The molecule has 1 saturated carbocycles. The molecule has 28 heavy (non-hydrogen) atoms. The number of benzene rings is 1. The second-order valence-corrected chi connectivity index (χ2v) is 7.32. The molecule has 0 unspecified atom stereocenters. The minimum absolute atomic E-state index is 0.0344. The number of aromatic nitrogens is 1. The number of nitro groups is 1. The molecule has 0 radical (unpaired) electrons. The molecule has 0 atom stereocenters. The van der Waals surface area contributed by atoms with E-state index >= 15 is 0 Å². The Hall–Kier alpha value is -2.68. The van der Waals surface area contributed by atoms with Crippen molar-refractivity contribution in [2.45, 2.75) is 37.5 Å². The molecule has 0 bridgehead atoms. The van der Waals surface area contributed by atoms with Crippen molar-refractivity contribution in [3.63, 3.8) is 0 Å². The van der Waals surface area contributed by atoms with E-state index in [1.165, 1.54) is 13.2 Å². The molecular formula is C19H23N3O6. The van der Waals surface area contributed by atoms with Crippen molar-refractivity contribution in [2.75, 3.05) is 38.3 Å². The lowest BCUT2D eigenvalue weighted by molar-refractivity contribution is -0.384. The molecule has 2 aromatic rings. The van der Waals surface area contributed by atoms with Gasteiger partial charge in [-0.3, -0.25) is 14.9 Å². The number of nitro benzene ring substituents is 1. The third-order valence-electron chi connectivity index (χ3n) is 5.73. The third-order valence-corrected chi connectivity index (χ3v) is 5.73. The summed E-state index contributed by atoms with van der Waals surface area (Å²) < 4.78 is 16.3. The topological polar surface area (TPSA) is 108 Å². The predicted molar refractivity (Wildman–Crippen MR) is 100 cm³/mol. The number of nitrogens with zero attached hydrogens (tertiary/aromatic N) is 3. The summed E-state index contributed by atoms with van der Waals surface area (Å²) in [6, 6.07) is 3.09. The molecule has 1 aliphatic carbocycles. The van der Waals surface area contributed by atoms with Gasteiger partial charge in [0.1, 0.15) is 16.6 Å². The smallest absolute Gasteiger partial charge is 0.321 e. The molecule has 1 aromatic heterocycles. The molecule has 0 amide bonds. The lowest BCUT2D eigenvalue weighted by Gasteiger charge is -2.31. The number of methoxy groups -OCH3 is 1. The molecule has 0 N–H and O–H groups in total. The summed E-state index contributed by atoms with van der Waals surface area (Å²) >= 11 is 0. The number of rotatable bonds is 4. The summed E-state index contributed by atoms with van der Waals surface area (Å²) in [7, 11) is 1.36. The lowest BCUT2D eigenvalue weighted by Crippen LogP contribution is -2.39. The van der Waals surface area contributed by atoms with Crippen LogP contribution in [0.15, 0.2) is 16.5 Å². The van der Waals surface area contributed by atoms with Crippen LogP contribution >= 0.6 is 0 Å². The Balaban J connectivity index is 1.82. The Morgan fingerprint density at radius 2 is 1.96 bits per heavy atom. The number of carbonyl (C=O) groups excluding carboxylic acids is 1. The second kappa shape index (κ2) is 7.38. The zero-order valence-corrected chi connectivity index (χ0v) is 15.8. The first-order chi connectivity index (χ1) is 13.5. The summed E-state index contributed by atoms with van der Waals surface area (Å²) in [6.07, 6.45) is 4.02. The van der Waals surface area contributed by atoms with Crippen LogP contribution in [-0.4, -0.2) is 49.3 Å². The van der Waals surface area contributed by atoms with Crippen molar-refractivity contribution in [2.24, 2.45) is 0 Å². The van der Waals surface area contributed by atoms with Gasteiger partial charge in [-0.05, 0) is 18.9 Å². The van der Waals surface area contributed by atoms with Crippen molar-refractivity contribution in [1.82, 2.24) is 4.98 Å². The van der Waals surface area contributed by atoms with E-state index in [0.29, 0.717) is 61.8 Å². The standard InChI is InChI=1S/C19H23N3O6/c1-26-18(23)19(5-3-2-4-6-19)17-20-13-11-14(21-7-9-27-10-8-21)15(22(24)25)12-16(13)28-17/h11-12H,2-10H2,1H3. The summed E-state index contributed by atoms with van der Waals surface area (Å²) in [5.74, 6) is -0.0656. The SMILES string of the molecule is COC(=O)C1(c2nc3cc(N4CCOCC4)c([N+](=O)[O-])cc3o2)CCCCC1. The minimum Gasteiger partial charge on any atom is -0.468 e. The van der Waals surface area contributed by atoms with E-state index in [4.69, 9.17) is 13.9 Å². The summed E-state index contributed by atoms with van der Waals surface area (Å²) in [6.45, 7) is 2.18. The van der Waals surface area contributed by atoms with Gasteiger partial charge in [-0.25, -0.2) is 4.98 Å². The van der Waals surface area contributed by atoms with Crippen molar-refractivity contribution in [3.8, 4) is 0 Å². The lowest BCUT2D eigenvalue weighted by atomic mass is 9.74. The Labute approximate surface area is 161 Å². The van der Waals surface area contributed by atoms with Crippen LogP contribution in [0.25, 0.3) is 11.1 Å². The number of hydrogen-bond donors (Lipinski definition) is 0. The van der Waals surface area contributed by atoms with Gasteiger partial charge in [0.05, 0.1) is 31.3 Å². The van der Waals surface area contributed by atoms with Gasteiger partial charge in [0, 0.05) is 13.1 Å². The normalized spacial score (nSPS) is 19.5. The molecule has 9 nitrogen and oxygen atoms in total. The molecule has 2 heterocycles. The van der Waals surface area contributed by atoms with Crippen LogP contribution in [0.3, 0.4) is 0 Å². The first-order valence-electron chi connectivity index (χ1n) is 9.56. The van der Waals surface area contributed by atoms with E-state index in [1.54, 1.807) is 6.07 Å². The monoisotopic (exact) mass is 389 g/mol. The summed E-state index contributed by atoms with van der Waals surface area (Å²) in [5, 5.41) is 11.6. The van der Waals surface area contributed by atoms with E-state index in [2.05, 4.69) is 4.98 Å². The second-order valence-electron chi connectivity index (χ2n) is 7.32. The van der Waals surface area contributed by atoms with Gasteiger partial charge in [-0.1, -0.05) is 19.3 Å². The van der Waals surface area contributed by atoms with Crippen LogP contribution in [0.1, 0.15) is 38.0 Å². The zero-order valence-electron chi connectivity index (χ0n) is 15.8. The van der Waals surface area contributed by atoms with E-state index in [-0.39, 0.29) is 11.7 Å². The molecule has 9 heteroatoms. The van der Waals surface area contributed by atoms with Crippen LogP contribution < -0.4 is 4.90 Å². The molecular weight excluding hydrogens is 366 g/mol. The minimum atomic E-state index is -0.917. The number of carbonyl (C=O) groups is 1. The average molecular weight is 389 g/mol. The molecule has 1 saturated heterocycles. The van der Waals surface area contributed by atoms with E-state index in [9.17, 15) is 14.9 Å². The van der Waals surface area contributed by atoms with Crippen molar-refractivity contribution in [3.05, 3.63) is 28.1 Å². The van der Waals surface area contributed by atoms with E-state index < -0.39 is 10.3 Å². The van der Waals surface area contributed by atoms with Crippen molar-refractivity contribution in [1.29, 1.82) is 0 Å². The highest BCUT2D eigenvalue weighted by Gasteiger charge is 2.47. The van der Waals surface area contributed by atoms with Crippen LogP contribution in [0.5, 0.6) is 0 Å². The van der Waals surface area contributed by atoms with Crippen LogP contribution in [0.2, 0.25) is 0 Å². The maximum atomic E-state index is 12.6. The largest absolute Gasteiger partial charge is 0.468 e. The number of fused-ring (bicyclic) bond motifs is 1. The molecule has 2 fully saturated rings. The number of ether oxygens (including phenoxy) is 2. The number of esters is 1. The van der Waals surface area contributed by atoms with Gasteiger partial charge < -0.3 is 18.8 Å². The van der Waals surface area contributed by atoms with Gasteiger partial charge >= 0.3 is 5.97 Å². The van der Waals surface area contributed by atoms with Gasteiger partial charge in [0.2, 0.25) is 5.89 Å². The maximum Gasteiger partial charge on any atom is 0.321 e. The molecule has 2 aliphatic rings. The van der Waals surface area contributed by atoms with Gasteiger partial charge in [-0.15, -0.1) is 0 Å². The highest BCUT2D eigenvalue weighted by atomic mass is 16.6. The summed E-state index contributed by atoms with van der Waals surface area (Å²) in [5.41, 5.74) is 0.368. The Kier molecular flexibility index (Phi) is 4.92. The third kappa shape index (κ3) is 3.09. The van der Waals surface area contributed by atoms with Gasteiger partial charge in [-0.2, -0.15) is 0 Å².